The van der Waals surface area contributed by atoms with Crippen molar-refractivity contribution in [2.24, 2.45) is 14.1 Å². The van der Waals surface area contributed by atoms with Gasteiger partial charge in [0.05, 0.1) is 5.52 Å². The second kappa shape index (κ2) is 3.99. The lowest BCUT2D eigenvalue weighted by atomic mass is 10.1. The van der Waals surface area contributed by atoms with Crippen LogP contribution in [0.5, 0.6) is 0 Å². The number of nitrogens with zero attached hydrogens (tertiary/aromatic N) is 3. The van der Waals surface area contributed by atoms with Crippen molar-refractivity contribution in [3.8, 4) is 11.3 Å². The van der Waals surface area contributed by atoms with Crippen LogP contribution in [-0.2, 0) is 14.1 Å². The minimum Gasteiger partial charge on any atom is -0.408 e. The fourth-order valence-electron chi connectivity index (χ4n) is 1.96. The predicted molar refractivity (Wildman–Crippen MR) is 75.8 cm³/mol. The number of aryl methyl sites for hydroxylation is 1. The first-order valence-electron chi connectivity index (χ1n) is 5.56. The van der Waals surface area contributed by atoms with E-state index in [4.69, 9.17) is 10.2 Å². The Morgan fingerprint density at radius 1 is 1.32 bits per heavy atom. The Hall–Kier alpha value is -2.02. The van der Waals surface area contributed by atoms with Crippen LogP contribution in [-0.4, -0.2) is 14.1 Å². The first-order valence-corrected chi connectivity index (χ1v) is 6.36. The summed E-state index contributed by atoms with van der Waals surface area (Å²) in [5, 5.41) is 0. The zero-order valence-electron chi connectivity index (χ0n) is 10.3. The molecular formula is C12H11BrN4O2. The van der Waals surface area contributed by atoms with Gasteiger partial charge in [-0.25, -0.2) is 9.78 Å². The highest BCUT2D eigenvalue weighted by molar-refractivity contribution is 9.10. The van der Waals surface area contributed by atoms with E-state index < -0.39 is 0 Å². The van der Waals surface area contributed by atoms with Gasteiger partial charge in [0.25, 0.3) is 0 Å². The molecule has 3 rings (SSSR count). The second-order valence-electron chi connectivity index (χ2n) is 4.28. The number of hydrogen-bond acceptors (Lipinski definition) is 4. The van der Waals surface area contributed by atoms with E-state index >= 15 is 0 Å². The van der Waals surface area contributed by atoms with Crippen LogP contribution in [0.1, 0.15) is 0 Å². The average Bonchev–Trinajstić information content (AvgIpc) is 2.81. The number of anilines is 1. The minimum atomic E-state index is -0.383. The van der Waals surface area contributed by atoms with Crippen LogP contribution in [0.3, 0.4) is 0 Å². The van der Waals surface area contributed by atoms with E-state index in [0.717, 1.165) is 15.7 Å². The summed E-state index contributed by atoms with van der Waals surface area (Å²) < 4.78 is 9.14. The Morgan fingerprint density at radius 2 is 2.05 bits per heavy atom. The molecule has 0 aliphatic heterocycles. The molecule has 0 aliphatic carbocycles. The van der Waals surface area contributed by atoms with Crippen LogP contribution >= 0.6 is 15.9 Å². The van der Waals surface area contributed by atoms with E-state index in [0.29, 0.717) is 17.2 Å². The zero-order chi connectivity index (χ0) is 13.7. The molecule has 0 amide bonds. The van der Waals surface area contributed by atoms with Gasteiger partial charge in [-0.05, 0) is 28.1 Å². The second-order valence-corrected chi connectivity index (χ2v) is 5.03. The summed E-state index contributed by atoms with van der Waals surface area (Å²) in [5.41, 5.74) is 8.59. The van der Waals surface area contributed by atoms with Crippen molar-refractivity contribution in [2.45, 2.75) is 0 Å². The van der Waals surface area contributed by atoms with Gasteiger partial charge < -0.3 is 14.7 Å². The SMILES string of the molecule is Cn1c(N)nc(-c2ccc3c(c2)oc(=O)n3C)c1Br. The number of rotatable bonds is 1. The summed E-state index contributed by atoms with van der Waals surface area (Å²) in [6, 6.07) is 5.49. The number of oxazole rings is 1. The molecule has 0 atom stereocenters. The number of nitrogens with two attached hydrogens (primary N) is 1. The van der Waals surface area contributed by atoms with Gasteiger partial charge in [0.15, 0.2) is 5.58 Å². The number of halogens is 1. The number of benzene rings is 1. The minimum absolute atomic E-state index is 0.383. The number of fused-ring (bicyclic) bond motifs is 1. The third-order valence-corrected chi connectivity index (χ3v) is 4.03. The highest BCUT2D eigenvalue weighted by atomic mass is 79.9. The lowest BCUT2D eigenvalue weighted by molar-refractivity contribution is 0.528. The Labute approximate surface area is 116 Å². The molecule has 0 radical (unpaired) electrons. The van der Waals surface area contributed by atoms with Crippen molar-refractivity contribution in [3.05, 3.63) is 33.4 Å². The van der Waals surface area contributed by atoms with Gasteiger partial charge in [0.1, 0.15) is 10.3 Å². The molecule has 2 N–H and O–H groups in total. The lowest BCUT2D eigenvalue weighted by Crippen LogP contribution is -2.08. The van der Waals surface area contributed by atoms with Crippen LogP contribution in [0.4, 0.5) is 5.95 Å². The summed E-state index contributed by atoms with van der Waals surface area (Å²) >= 11 is 3.44. The highest BCUT2D eigenvalue weighted by Gasteiger charge is 2.14. The number of nitrogen functional groups attached to an aromatic ring is 1. The van der Waals surface area contributed by atoms with Crippen molar-refractivity contribution < 1.29 is 4.42 Å². The molecule has 0 fully saturated rings. The molecule has 0 saturated carbocycles. The maximum atomic E-state index is 11.5. The van der Waals surface area contributed by atoms with Crippen molar-refractivity contribution in [3.63, 3.8) is 0 Å². The van der Waals surface area contributed by atoms with Crippen LogP contribution in [0.2, 0.25) is 0 Å². The summed E-state index contributed by atoms with van der Waals surface area (Å²) in [7, 11) is 3.49. The molecule has 0 aliphatic rings. The summed E-state index contributed by atoms with van der Waals surface area (Å²) in [6.45, 7) is 0. The third-order valence-electron chi connectivity index (χ3n) is 3.13. The fourth-order valence-corrected chi connectivity index (χ4v) is 2.46. The van der Waals surface area contributed by atoms with Gasteiger partial charge in [-0.15, -0.1) is 0 Å². The first-order chi connectivity index (χ1) is 8.99. The molecule has 0 unspecified atom stereocenters. The molecule has 7 heteroatoms. The van der Waals surface area contributed by atoms with Gasteiger partial charge in [-0.2, -0.15) is 0 Å². The van der Waals surface area contributed by atoms with Gasteiger partial charge in [0, 0.05) is 19.7 Å². The van der Waals surface area contributed by atoms with Gasteiger partial charge in [0.2, 0.25) is 5.95 Å². The summed E-state index contributed by atoms with van der Waals surface area (Å²) in [6.07, 6.45) is 0. The monoisotopic (exact) mass is 322 g/mol. The average molecular weight is 323 g/mol. The van der Waals surface area contributed by atoms with E-state index in [2.05, 4.69) is 20.9 Å². The van der Waals surface area contributed by atoms with Crippen molar-refractivity contribution >= 4 is 33.0 Å². The molecule has 0 spiro atoms. The molecule has 1 aromatic carbocycles. The lowest BCUT2D eigenvalue weighted by Gasteiger charge is -1.99. The molecule has 98 valence electrons. The largest absolute Gasteiger partial charge is 0.419 e. The first kappa shape index (κ1) is 12.0. The molecule has 2 heterocycles. The fraction of sp³-hybridized carbons (Fsp3) is 0.167. The van der Waals surface area contributed by atoms with Gasteiger partial charge in [-0.3, -0.25) is 4.57 Å². The standard InChI is InChI=1S/C12H11BrN4O2/c1-16-7-4-3-6(5-8(7)19-12(16)18)9-10(13)17(2)11(14)15-9/h3-5H,1-2H3,(H2,14,15). The number of aromatic nitrogens is 3. The van der Waals surface area contributed by atoms with E-state index in [1.807, 2.05) is 19.2 Å². The van der Waals surface area contributed by atoms with Gasteiger partial charge >= 0.3 is 5.76 Å². The number of hydrogen-bond donors (Lipinski definition) is 1. The predicted octanol–water partition coefficient (Wildman–Crippen LogP) is 1.88. The van der Waals surface area contributed by atoms with Crippen LogP contribution in [0.15, 0.2) is 32.0 Å². The van der Waals surface area contributed by atoms with E-state index in [1.165, 1.54) is 4.57 Å². The van der Waals surface area contributed by atoms with E-state index in [9.17, 15) is 4.79 Å². The highest BCUT2D eigenvalue weighted by Crippen LogP contribution is 2.30. The quantitative estimate of drug-likeness (QED) is 0.741. The normalized spacial score (nSPS) is 11.3. The molecule has 19 heavy (non-hydrogen) atoms. The molecule has 3 aromatic rings. The Kier molecular flexibility index (Phi) is 2.53. The van der Waals surface area contributed by atoms with Crippen molar-refractivity contribution in [1.82, 2.24) is 14.1 Å². The third kappa shape index (κ3) is 1.69. The number of imidazole rings is 1. The Morgan fingerprint density at radius 3 is 2.68 bits per heavy atom. The maximum Gasteiger partial charge on any atom is 0.419 e. The summed E-state index contributed by atoms with van der Waals surface area (Å²) in [4.78, 5) is 15.7. The summed E-state index contributed by atoms with van der Waals surface area (Å²) in [5.74, 6) is 0.0308. The van der Waals surface area contributed by atoms with Crippen LogP contribution in [0.25, 0.3) is 22.4 Å². The zero-order valence-corrected chi connectivity index (χ0v) is 11.9. The van der Waals surface area contributed by atoms with E-state index in [-0.39, 0.29) is 5.76 Å². The Balaban J connectivity index is 2.26. The van der Waals surface area contributed by atoms with Crippen molar-refractivity contribution in [1.29, 1.82) is 0 Å². The molecule has 2 aromatic heterocycles. The van der Waals surface area contributed by atoms with Gasteiger partial charge in [-0.1, -0.05) is 6.07 Å². The Bertz CT molecular complexity index is 843. The smallest absolute Gasteiger partial charge is 0.408 e. The molecule has 6 nitrogen and oxygen atoms in total. The topological polar surface area (TPSA) is 79.0 Å². The van der Waals surface area contributed by atoms with Crippen LogP contribution in [0, 0.1) is 0 Å². The van der Waals surface area contributed by atoms with Crippen LogP contribution < -0.4 is 11.5 Å². The van der Waals surface area contributed by atoms with Crippen molar-refractivity contribution in [2.75, 3.05) is 5.73 Å². The van der Waals surface area contributed by atoms with E-state index in [1.54, 1.807) is 17.7 Å². The molecule has 0 bridgehead atoms. The molecule has 0 saturated heterocycles. The molecular weight excluding hydrogens is 312 g/mol. The maximum absolute atomic E-state index is 11.5.